The number of hydrogen-bond donors (Lipinski definition) is 1. The van der Waals surface area contributed by atoms with E-state index in [-0.39, 0.29) is 12.1 Å². The van der Waals surface area contributed by atoms with Crippen molar-refractivity contribution in [2.45, 2.75) is 25.1 Å². The fourth-order valence-corrected chi connectivity index (χ4v) is 5.66. The monoisotopic (exact) mass is 602 g/mol. The summed E-state index contributed by atoms with van der Waals surface area (Å²) >= 11 is 0. The number of rotatable bonds is 9. The SMILES string of the molecule is COc1cccc(N2CCN(c3ccc(-n4cnn(C(C)C(O)(Cn5cncn5)c5ccc(F)cc5F)c4=O)cc3)CC2)c1. The number of piperazine rings is 1. The van der Waals surface area contributed by atoms with Gasteiger partial charge in [0, 0.05) is 55.2 Å². The Morgan fingerprint density at radius 1 is 0.909 bits per heavy atom. The molecule has 3 aromatic carbocycles. The van der Waals surface area contributed by atoms with Crippen molar-refractivity contribution >= 4 is 11.4 Å². The van der Waals surface area contributed by atoms with Gasteiger partial charge in [-0.25, -0.2) is 32.5 Å². The first kappa shape index (κ1) is 29.1. The Balaban J connectivity index is 1.21. The van der Waals surface area contributed by atoms with Gasteiger partial charge in [0.25, 0.3) is 0 Å². The van der Waals surface area contributed by atoms with Crippen molar-refractivity contribution in [3.63, 3.8) is 0 Å². The molecule has 2 aromatic heterocycles. The minimum absolute atomic E-state index is 0.195. The number of methoxy groups -OCH3 is 1. The Bertz CT molecular complexity index is 1780. The standard InChI is InChI=1S/C31H32F2N8O3/c1-22(31(43,18-39-20-34-19-35-39)28-11-6-23(32)16-29(28)33)41-30(42)40(21-36-41)25-9-7-24(8-10-25)37-12-14-38(15-13-37)26-4-3-5-27(17-26)44-2/h3-11,16-17,19-22,43H,12-15,18H2,1-2H3. The fraction of sp³-hybridized carbons (Fsp3) is 0.290. The van der Waals surface area contributed by atoms with Gasteiger partial charge in [0.05, 0.1) is 25.4 Å². The molecule has 0 spiro atoms. The van der Waals surface area contributed by atoms with E-state index in [0.29, 0.717) is 11.8 Å². The lowest BCUT2D eigenvalue weighted by atomic mass is 9.86. The predicted octanol–water partition coefficient (Wildman–Crippen LogP) is 3.39. The molecule has 228 valence electrons. The van der Waals surface area contributed by atoms with Crippen LogP contribution < -0.4 is 20.2 Å². The molecule has 0 bridgehead atoms. The Morgan fingerprint density at radius 3 is 2.27 bits per heavy atom. The van der Waals surface area contributed by atoms with Gasteiger partial charge in [0.2, 0.25) is 0 Å². The number of hydrogen-bond acceptors (Lipinski definition) is 8. The van der Waals surface area contributed by atoms with Gasteiger partial charge in [0.15, 0.2) is 0 Å². The summed E-state index contributed by atoms with van der Waals surface area (Å²) < 4.78 is 37.8. The smallest absolute Gasteiger partial charge is 0.350 e. The third-order valence-corrected chi connectivity index (χ3v) is 8.21. The zero-order chi connectivity index (χ0) is 30.8. The molecule has 2 atom stereocenters. The van der Waals surface area contributed by atoms with E-state index in [1.54, 1.807) is 14.0 Å². The molecule has 1 saturated heterocycles. The Morgan fingerprint density at radius 2 is 1.61 bits per heavy atom. The molecular weight excluding hydrogens is 570 g/mol. The number of nitrogens with zero attached hydrogens (tertiary/aromatic N) is 8. The Kier molecular flexibility index (Phi) is 7.87. The number of halogens is 2. The predicted molar refractivity (Wildman–Crippen MR) is 160 cm³/mol. The number of anilines is 2. The molecule has 2 unspecified atom stereocenters. The van der Waals surface area contributed by atoms with Crippen LogP contribution in [0, 0.1) is 11.6 Å². The van der Waals surface area contributed by atoms with Gasteiger partial charge in [-0.2, -0.15) is 10.2 Å². The van der Waals surface area contributed by atoms with Gasteiger partial charge < -0.3 is 19.6 Å². The molecule has 1 fully saturated rings. The van der Waals surface area contributed by atoms with Gasteiger partial charge >= 0.3 is 5.69 Å². The van der Waals surface area contributed by atoms with Crippen LogP contribution in [0.2, 0.25) is 0 Å². The van der Waals surface area contributed by atoms with E-state index in [4.69, 9.17) is 4.74 Å². The second-order valence-electron chi connectivity index (χ2n) is 10.7. The van der Waals surface area contributed by atoms with Gasteiger partial charge in [-0.05, 0) is 49.4 Å². The van der Waals surface area contributed by atoms with Crippen LogP contribution in [-0.4, -0.2) is 67.5 Å². The number of ether oxygens (including phenoxy) is 1. The summed E-state index contributed by atoms with van der Waals surface area (Å²) in [4.78, 5) is 22.1. The second-order valence-corrected chi connectivity index (χ2v) is 10.7. The van der Waals surface area contributed by atoms with Crippen molar-refractivity contribution in [3.8, 4) is 11.4 Å². The van der Waals surface area contributed by atoms with Crippen LogP contribution in [0.15, 0.2) is 90.5 Å². The Labute approximate surface area is 252 Å². The van der Waals surface area contributed by atoms with E-state index >= 15 is 0 Å². The summed E-state index contributed by atoms with van der Waals surface area (Å²) in [5.41, 5.74) is -0.0104. The van der Waals surface area contributed by atoms with Crippen LogP contribution in [0.4, 0.5) is 20.2 Å². The molecule has 0 saturated carbocycles. The molecule has 5 aromatic rings. The normalized spacial score (nSPS) is 15.7. The van der Waals surface area contributed by atoms with Crippen LogP contribution in [0.5, 0.6) is 5.75 Å². The number of aliphatic hydroxyl groups is 1. The topological polar surface area (TPSA) is 106 Å². The highest BCUT2D eigenvalue weighted by atomic mass is 19.1. The second kappa shape index (κ2) is 11.9. The highest BCUT2D eigenvalue weighted by molar-refractivity contribution is 5.55. The minimum atomic E-state index is -2.02. The van der Waals surface area contributed by atoms with Crippen molar-refractivity contribution in [1.82, 2.24) is 29.1 Å². The number of aromatic nitrogens is 6. The van der Waals surface area contributed by atoms with Gasteiger partial charge in [-0.15, -0.1) is 0 Å². The van der Waals surface area contributed by atoms with E-state index in [1.165, 1.54) is 28.2 Å². The number of benzene rings is 3. The maximum atomic E-state index is 15.0. The average Bonchev–Trinajstić information content (AvgIpc) is 3.70. The molecule has 44 heavy (non-hydrogen) atoms. The molecule has 1 aliphatic heterocycles. The van der Waals surface area contributed by atoms with Crippen LogP contribution in [-0.2, 0) is 12.1 Å². The van der Waals surface area contributed by atoms with Crippen LogP contribution in [0.25, 0.3) is 5.69 Å². The van der Waals surface area contributed by atoms with Crippen molar-refractivity contribution in [2.75, 3.05) is 43.1 Å². The zero-order valence-corrected chi connectivity index (χ0v) is 24.3. The van der Waals surface area contributed by atoms with Crippen molar-refractivity contribution in [1.29, 1.82) is 0 Å². The maximum absolute atomic E-state index is 15.0. The fourth-order valence-electron chi connectivity index (χ4n) is 5.66. The third-order valence-electron chi connectivity index (χ3n) is 8.21. The summed E-state index contributed by atoms with van der Waals surface area (Å²) in [6.07, 6.45) is 4.00. The molecular formula is C31H32F2N8O3. The third kappa shape index (κ3) is 5.53. The largest absolute Gasteiger partial charge is 0.497 e. The lowest BCUT2D eigenvalue weighted by Gasteiger charge is -2.37. The first-order valence-corrected chi connectivity index (χ1v) is 14.2. The molecule has 6 rings (SSSR count). The van der Waals surface area contributed by atoms with Crippen LogP contribution >= 0.6 is 0 Å². The summed E-state index contributed by atoms with van der Waals surface area (Å²) in [7, 11) is 1.66. The zero-order valence-electron chi connectivity index (χ0n) is 24.3. The van der Waals surface area contributed by atoms with E-state index in [1.807, 2.05) is 42.5 Å². The molecule has 0 radical (unpaired) electrons. The highest BCUT2D eigenvalue weighted by Gasteiger charge is 2.42. The Hall–Kier alpha value is -5.04. The first-order chi connectivity index (χ1) is 21.3. The van der Waals surface area contributed by atoms with Gasteiger partial charge in [-0.1, -0.05) is 12.1 Å². The van der Waals surface area contributed by atoms with Crippen molar-refractivity contribution < 1.29 is 18.6 Å². The quantitative estimate of drug-likeness (QED) is 0.274. The highest BCUT2D eigenvalue weighted by Crippen LogP contribution is 2.36. The van der Waals surface area contributed by atoms with Gasteiger partial charge in [-0.3, -0.25) is 0 Å². The first-order valence-electron chi connectivity index (χ1n) is 14.2. The van der Waals surface area contributed by atoms with Crippen molar-refractivity contribution in [2.24, 2.45) is 0 Å². The van der Waals surface area contributed by atoms with Gasteiger partial charge in [0.1, 0.15) is 42.0 Å². The van der Waals surface area contributed by atoms with E-state index in [9.17, 15) is 18.7 Å². The van der Waals surface area contributed by atoms with Crippen LogP contribution in [0.1, 0.15) is 18.5 Å². The van der Waals surface area contributed by atoms with Crippen molar-refractivity contribution in [3.05, 3.63) is 113 Å². The molecule has 1 N–H and O–H groups in total. The summed E-state index contributed by atoms with van der Waals surface area (Å²) in [5, 5.41) is 20.2. The lowest BCUT2D eigenvalue weighted by molar-refractivity contribution is -0.0381. The van der Waals surface area contributed by atoms with E-state index < -0.39 is 29.0 Å². The van der Waals surface area contributed by atoms with Crippen LogP contribution in [0.3, 0.4) is 0 Å². The van der Waals surface area contributed by atoms with E-state index in [0.717, 1.165) is 60.1 Å². The maximum Gasteiger partial charge on any atom is 0.350 e. The molecule has 0 amide bonds. The molecule has 3 heterocycles. The summed E-state index contributed by atoms with van der Waals surface area (Å²) in [6, 6.07) is 17.5. The minimum Gasteiger partial charge on any atom is -0.497 e. The molecule has 0 aliphatic carbocycles. The summed E-state index contributed by atoms with van der Waals surface area (Å²) in [6.45, 7) is 4.66. The molecule has 1 aliphatic rings. The lowest BCUT2D eigenvalue weighted by Crippen LogP contribution is -2.46. The average molecular weight is 603 g/mol. The molecule has 11 nitrogen and oxygen atoms in total. The van der Waals surface area contributed by atoms with E-state index in [2.05, 4.69) is 31.0 Å². The summed E-state index contributed by atoms with van der Waals surface area (Å²) in [5.74, 6) is -0.909. The molecule has 13 heteroatoms.